The lowest BCUT2D eigenvalue weighted by Crippen LogP contribution is -2.67. The van der Waals surface area contributed by atoms with E-state index in [9.17, 15) is 32.4 Å². The third-order valence-corrected chi connectivity index (χ3v) is 13.4. The summed E-state index contributed by atoms with van der Waals surface area (Å²) in [6.45, 7) is 15.5. The monoisotopic (exact) mass is 691 g/mol. The molecule has 48 heavy (non-hydrogen) atoms. The Hall–Kier alpha value is -2.96. The molecule has 0 aromatic carbocycles. The lowest BCUT2D eigenvalue weighted by atomic mass is 9.77. The van der Waals surface area contributed by atoms with Crippen molar-refractivity contribution >= 4 is 39.4 Å². The minimum Gasteiger partial charge on any atom is -0.347 e. The van der Waals surface area contributed by atoms with Crippen molar-refractivity contribution in [1.29, 1.82) is 0 Å². The van der Waals surface area contributed by atoms with E-state index >= 15 is 0 Å². The number of rotatable bonds is 13. The predicted octanol–water partition coefficient (Wildman–Crippen LogP) is 3.15. The van der Waals surface area contributed by atoms with E-state index in [1.165, 1.54) is 4.90 Å². The number of hydrogen-bond acceptors (Lipinski definition) is 7. The summed E-state index contributed by atoms with van der Waals surface area (Å²) in [5, 5.41) is 10.8. The largest absolute Gasteiger partial charge is 0.347 e. The molecule has 5 amide bonds. The number of amides is 5. The van der Waals surface area contributed by atoms with Crippen LogP contribution in [0.5, 0.6) is 0 Å². The van der Waals surface area contributed by atoms with Crippen molar-refractivity contribution in [3.8, 4) is 0 Å². The molecule has 4 aliphatic rings. The summed E-state index contributed by atoms with van der Waals surface area (Å²) in [5.74, 6) is -2.41. The number of likely N-dealkylation sites (tertiary alicyclic amines) is 1. The fourth-order valence-electron chi connectivity index (χ4n) is 7.47. The Labute approximate surface area is 286 Å². The Balaban J connectivity index is 1.57. The minimum absolute atomic E-state index is 0.00517. The maximum absolute atomic E-state index is 14.5. The maximum atomic E-state index is 14.5. The van der Waals surface area contributed by atoms with Crippen molar-refractivity contribution in [2.75, 3.05) is 12.3 Å². The number of ketones is 1. The highest BCUT2D eigenvalue weighted by Gasteiger charge is 2.53. The number of hydrogen-bond donors (Lipinski definition) is 4. The van der Waals surface area contributed by atoms with Gasteiger partial charge in [-0.15, -0.1) is 6.58 Å². The summed E-state index contributed by atoms with van der Waals surface area (Å²) in [7, 11) is -3.30. The molecule has 4 N–H and O–H groups in total. The van der Waals surface area contributed by atoms with Crippen LogP contribution < -0.4 is 21.3 Å². The normalized spacial score (nSPS) is 26.3. The molecule has 0 spiro atoms. The molecule has 2 aliphatic carbocycles. The van der Waals surface area contributed by atoms with Gasteiger partial charge in [0.15, 0.2) is 9.84 Å². The standard InChI is InChI=1S/C35H57N5O7S/c1-8-13-24(27(41)30(43)36-23-14-15-23)37-29(42)25-20-22(34(6,7)9-2)21-40(25)31(44)28(33(3,4)5)38-32(45)39-35(17-11-10-12-18-35)26-16-19-48(26,46)47/h9,22-26,28H,2,8,10-21H2,1,3-7H3,(H,36,43)(H,37,42)(H2,38,39,45)/t22-,24?,25+,26+,28-/m1/s1. The topological polar surface area (TPSA) is 171 Å². The van der Waals surface area contributed by atoms with Gasteiger partial charge in [0, 0.05) is 12.6 Å². The molecular formula is C35H57N5O7S. The molecule has 1 unspecified atom stereocenters. The van der Waals surface area contributed by atoms with Crippen molar-refractivity contribution in [2.24, 2.45) is 16.7 Å². The van der Waals surface area contributed by atoms with E-state index in [1.807, 2.05) is 41.5 Å². The fraction of sp³-hybridized carbons (Fsp3) is 0.800. The van der Waals surface area contributed by atoms with Crippen molar-refractivity contribution in [2.45, 2.75) is 147 Å². The molecular weight excluding hydrogens is 634 g/mol. The number of carbonyl (C=O) groups is 5. The predicted molar refractivity (Wildman–Crippen MR) is 184 cm³/mol. The Morgan fingerprint density at radius 2 is 1.62 bits per heavy atom. The van der Waals surface area contributed by atoms with Gasteiger partial charge in [0.05, 0.1) is 22.6 Å². The van der Waals surface area contributed by atoms with Gasteiger partial charge in [-0.3, -0.25) is 19.2 Å². The first-order valence-electron chi connectivity index (χ1n) is 17.7. The van der Waals surface area contributed by atoms with Crippen molar-refractivity contribution in [1.82, 2.24) is 26.2 Å². The van der Waals surface area contributed by atoms with Gasteiger partial charge in [0.1, 0.15) is 12.1 Å². The van der Waals surface area contributed by atoms with Crippen LogP contribution in [0.1, 0.15) is 112 Å². The zero-order chi connectivity index (χ0) is 35.7. The van der Waals surface area contributed by atoms with Gasteiger partial charge >= 0.3 is 6.03 Å². The van der Waals surface area contributed by atoms with Gasteiger partial charge in [-0.25, -0.2) is 13.2 Å². The number of nitrogens with zero attached hydrogens (tertiary/aromatic N) is 1. The SMILES string of the molecule is C=CC(C)(C)[C@@H]1C[C@@H](C(=O)NC(CCC)C(=O)C(=O)NC2CC2)N(C(=O)[C@@H](NC(=O)NC2([C@@H]3CCS3(=O)=O)CCCCC2)C(C)(C)C)C1. The summed E-state index contributed by atoms with van der Waals surface area (Å²) in [4.78, 5) is 69.4. The maximum Gasteiger partial charge on any atom is 0.315 e. The van der Waals surface area contributed by atoms with E-state index in [4.69, 9.17) is 0 Å². The molecule has 2 aliphatic heterocycles. The van der Waals surface area contributed by atoms with Gasteiger partial charge in [-0.1, -0.05) is 73.3 Å². The number of nitrogens with one attached hydrogen (secondary N) is 4. The fourth-order valence-corrected chi connectivity index (χ4v) is 9.31. The van der Waals surface area contributed by atoms with Gasteiger partial charge < -0.3 is 26.2 Å². The lowest BCUT2D eigenvalue weighted by Gasteiger charge is -2.47. The second-order valence-corrected chi connectivity index (χ2v) is 18.5. The average molecular weight is 692 g/mol. The van der Waals surface area contributed by atoms with Gasteiger partial charge in [0.25, 0.3) is 5.91 Å². The first-order chi connectivity index (χ1) is 22.3. The minimum atomic E-state index is -3.30. The average Bonchev–Trinajstić information content (AvgIpc) is 3.70. The molecule has 0 aromatic heterocycles. The van der Waals surface area contributed by atoms with Crippen LogP contribution in [-0.2, 0) is 29.0 Å². The number of carbonyl (C=O) groups excluding carboxylic acids is 5. The molecule has 2 heterocycles. The van der Waals surface area contributed by atoms with Gasteiger partial charge in [-0.2, -0.15) is 0 Å². The van der Waals surface area contributed by atoms with Crippen LogP contribution in [-0.4, -0.2) is 90.1 Å². The van der Waals surface area contributed by atoms with E-state index in [0.29, 0.717) is 32.1 Å². The highest BCUT2D eigenvalue weighted by Crippen LogP contribution is 2.41. The Morgan fingerprint density at radius 1 is 0.979 bits per heavy atom. The second-order valence-electron chi connectivity index (χ2n) is 16.2. The van der Waals surface area contributed by atoms with Crippen LogP contribution in [0.2, 0.25) is 0 Å². The van der Waals surface area contributed by atoms with Gasteiger partial charge in [-0.05, 0) is 61.7 Å². The van der Waals surface area contributed by atoms with Crippen LogP contribution in [0.25, 0.3) is 0 Å². The van der Waals surface area contributed by atoms with E-state index < -0.39 is 79.1 Å². The number of allylic oxidation sites excluding steroid dienone is 1. The molecule has 13 heteroatoms. The molecule has 270 valence electrons. The first kappa shape index (κ1) is 37.9. The Kier molecular flexibility index (Phi) is 11.4. The first-order valence-corrected chi connectivity index (χ1v) is 19.5. The lowest BCUT2D eigenvalue weighted by molar-refractivity contribution is -0.144. The van der Waals surface area contributed by atoms with Crippen LogP contribution in [0.15, 0.2) is 12.7 Å². The van der Waals surface area contributed by atoms with Crippen molar-refractivity contribution in [3.05, 3.63) is 12.7 Å². The highest BCUT2D eigenvalue weighted by atomic mass is 32.2. The quantitative estimate of drug-likeness (QED) is 0.170. The zero-order valence-corrected chi connectivity index (χ0v) is 30.5. The van der Waals surface area contributed by atoms with Crippen LogP contribution in [0.3, 0.4) is 0 Å². The third kappa shape index (κ3) is 8.42. The number of sulfone groups is 1. The molecule has 4 fully saturated rings. The zero-order valence-electron chi connectivity index (χ0n) is 29.7. The van der Waals surface area contributed by atoms with Crippen molar-refractivity contribution in [3.63, 3.8) is 0 Å². The smallest absolute Gasteiger partial charge is 0.315 e. The third-order valence-electron chi connectivity index (χ3n) is 11.0. The molecule has 2 saturated carbocycles. The molecule has 0 radical (unpaired) electrons. The molecule has 0 aromatic rings. The molecule has 0 bridgehead atoms. The van der Waals surface area contributed by atoms with Crippen molar-refractivity contribution < 1.29 is 32.4 Å². The summed E-state index contributed by atoms with van der Waals surface area (Å²) >= 11 is 0. The summed E-state index contributed by atoms with van der Waals surface area (Å²) in [5.41, 5.74) is -2.09. The summed E-state index contributed by atoms with van der Waals surface area (Å²) in [6, 6.07) is -3.63. The molecule has 5 atom stereocenters. The number of urea groups is 1. The van der Waals surface area contributed by atoms with E-state index in [-0.39, 0.29) is 30.7 Å². The van der Waals surface area contributed by atoms with Crippen LogP contribution >= 0.6 is 0 Å². The van der Waals surface area contributed by atoms with E-state index in [0.717, 1.165) is 32.1 Å². The molecule has 12 nitrogen and oxygen atoms in total. The molecule has 2 saturated heterocycles. The van der Waals surface area contributed by atoms with Crippen LogP contribution in [0, 0.1) is 16.7 Å². The second kappa shape index (κ2) is 14.5. The van der Waals surface area contributed by atoms with E-state index in [2.05, 4.69) is 27.8 Å². The molecule has 4 rings (SSSR count). The number of Topliss-reactive ketones (excluding diaryl/α,β-unsaturated/α-hetero) is 1. The van der Waals surface area contributed by atoms with Crippen LogP contribution in [0.4, 0.5) is 4.79 Å². The highest BCUT2D eigenvalue weighted by molar-refractivity contribution is 7.93. The van der Waals surface area contributed by atoms with Gasteiger partial charge in [0.2, 0.25) is 17.6 Å². The van der Waals surface area contributed by atoms with E-state index in [1.54, 1.807) is 6.08 Å². The Bertz CT molecular complexity index is 1380. The summed E-state index contributed by atoms with van der Waals surface area (Å²) < 4.78 is 25.5. The Morgan fingerprint density at radius 3 is 2.12 bits per heavy atom. The summed E-state index contributed by atoms with van der Waals surface area (Å²) in [6.07, 6.45) is 8.79.